The van der Waals surface area contributed by atoms with Crippen molar-refractivity contribution in [3.63, 3.8) is 0 Å². The fraction of sp³-hybridized carbons (Fsp3) is 0.400. The first-order valence-electron chi connectivity index (χ1n) is 4.39. The van der Waals surface area contributed by atoms with Crippen LogP contribution in [0.2, 0.25) is 0 Å². The van der Waals surface area contributed by atoms with E-state index in [1.807, 2.05) is 0 Å². The van der Waals surface area contributed by atoms with Gasteiger partial charge in [0.15, 0.2) is 11.6 Å². The van der Waals surface area contributed by atoms with E-state index in [4.69, 9.17) is 44.2 Å². The van der Waals surface area contributed by atoms with E-state index in [-0.39, 0.29) is 0 Å². The van der Waals surface area contributed by atoms with Crippen molar-refractivity contribution in [3.05, 3.63) is 0 Å². The molecule has 6 nitrogen and oxygen atoms in total. The first kappa shape index (κ1) is 13.9. The van der Waals surface area contributed by atoms with Gasteiger partial charge in [-0.1, -0.05) is 0 Å². The Morgan fingerprint density at radius 2 is 1.00 bits per heavy atom. The Morgan fingerprint density at radius 1 is 0.778 bits per heavy atom. The first-order valence-corrected chi connectivity index (χ1v) is 5.27. The number of rotatable bonds is 0. The predicted octanol–water partition coefficient (Wildman–Crippen LogP) is 0.420. The molecule has 88 valence electrons. The number of hydrogen-bond donors (Lipinski definition) is 0. The van der Waals surface area contributed by atoms with E-state index < -0.39 is 33.2 Å². The van der Waals surface area contributed by atoms with Gasteiger partial charge < -0.3 is 0 Å². The normalized spacial score (nSPS) is 28.3. The molecule has 0 spiro atoms. The van der Waals surface area contributed by atoms with Gasteiger partial charge in [0, 0.05) is 0 Å². The molecular weight excluding hydrogens is 279 g/mol. The molecule has 0 aliphatic heterocycles. The number of ketones is 2. The lowest BCUT2D eigenvalue weighted by Crippen LogP contribution is -2.60. The Balaban J connectivity index is 3.61. The fourth-order valence-corrected chi connectivity index (χ4v) is 2.29. The lowest BCUT2D eigenvalue weighted by molar-refractivity contribution is -0.137. The highest BCUT2D eigenvalue weighted by atomic mass is 35.5. The third-order valence-electron chi connectivity index (χ3n) is 2.70. The molecule has 1 rings (SSSR count). The topological polar surface area (TPSA) is 129 Å². The summed E-state index contributed by atoms with van der Waals surface area (Å²) in [6.45, 7) is 0. The average molecular weight is 281 g/mol. The Labute approximate surface area is 112 Å². The summed E-state index contributed by atoms with van der Waals surface area (Å²) in [4.78, 5) is 23.8. The number of hydrogen-bond acceptors (Lipinski definition) is 6. The standard InChI is InChI=1S/C10H2Cl2N4O2/c11-5-8(18)10(3-15,4-16)6(12)7(17)9(5,1-13)2-14/h5-6H. The van der Waals surface area contributed by atoms with Gasteiger partial charge in [0.1, 0.15) is 10.8 Å². The Kier molecular flexibility index (Phi) is 3.32. The molecule has 18 heavy (non-hydrogen) atoms. The van der Waals surface area contributed by atoms with E-state index in [0.717, 1.165) is 0 Å². The van der Waals surface area contributed by atoms with Crippen molar-refractivity contribution >= 4 is 34.8 Å². The summed E-state index contributed by atoms with van der Waals surface area (Å²) in [6.07, 6.45) is 0. The second kappa shape index (κ2) is 4.28. The number of nitrogens with zero attached hydrogens (tertiary/aromatic N) is 4. The highest BCUT2D eigenvalue weighted by molar-refractivity contribution is 6.44. The maximum atomic E-state index is 11.9. The monoisotopic (exact) mass is 280 g/mol. The smallest absolute Gasteiger partial charge is 0.226 e. The minimum atomic E-state index is -2.47. The molecule has 0 aromatic heterocycles. The van der Waals surface area contributed by atoms with E-state index in [1.54, 1.807) is 0 Å². The summed E-state index contributed by atoms with van der Waals surface area (Å²) in [6, 6.07) is 5.39. The summed E-state index contributed by atoms with van der Waals surface area (Å²) < 4.78 is 0. The molecule has 0 N–H and O–H groups in total. The molecular formula is C10H2Cl2N4O2. The van der Waals surface area contributed by atoms with Gasteiger partial charge >= 0.3 is 0 Å². The molecule has 0 aromatic carbocycles. The fourth-order valence-electron chi connectivity index (χ4n) is 1.54. The maximum absolute atomic E-state index is 11.9. The lowest BCUT2D eigenvalue weighted by atomic mass is 9.63. The van der Waals surface area contributed by atoms with Gasteiger partial charge in [-0.3, -0.25) is 9.59 Å². The minimum Gasteiger partial charge on any atom is -0.295 e. The highest BCUT2D eigenvalue weighted by Crippen LogP contribution is 2.44. The molecule has 2 unspecified atom stereocenters. The molecule has 1 saturated carbocycles. The van der Waals surface area contributed by atoms with E-state index in [1.165, 1.54) is 24.3 Å². The molecule has 0 heterocycles. The maximum Gasteiger partial charge on any atom is 0.226 e. The van der Waals surface area contributed by atoms with Gasteiger partial charge in [-0.25, -0.2) is 0 Å². The largest absolute Gasteiger partial charge is 0.295 e. The van der Waals surface area contributed by atoms with E-state index in [0.29, 0.717) is 0 Å². The van der Waals surface area contributed by atoms with E-state index in [2.05, 4.69) is 0 Å². The molecule has 1 aliphatic rings. The lowest BCUT2D eigenvalue weighted by Gasteiger charge is -2.35. The summed E-state index contributed by atoms with van der Waals surface area (Å²) in [5.41, 5.74) is -4.94. The first-order chi connectivity index (χ1) is 8.37. The van der Waals surface area contributed by atoms with Crippen LogP contribution in [0.4, 0.5) is 0 Å². The number of carbonyl (C=O) groups excluding carboxylic acids is 2. The van der Waals surface area contributed by atoms with Crippen LogP contribution in [0.3, 0.4) is 0 Å². The SMILES string of the molecule is N#CC1(C#N)C(=O)C(Cl)C(C#N)(C#N)C(=O)C1Cl. The van der Waals surface area contributed by atoms with Gasteiger partial charge in [-0.05, 0) is 0 Å². The third-order valence-corrected chi connectivity index (χ3v) is 3.75. The van der Waals surface area contributed by atoms with Gasteiger partial charge in [0.2, 0.25) is 10.8 Å². The van der Waals surface area contributed by atoms with Crippen LogP contribution >= 0.6 is 23.2 Å². The van der Waals surface area contributed by atoms with Crippen LogP contribution in [0, 0.1) is 56.2 Å². The van der Waals surface area contributed by atoms with Crippen LogP contribution in [-0.4, -0.2) is 22.3 Å². The Morgan fingerprint density at radius 3 is 1.17 bits per heavy atom. The van der Waals surface area contributed by atoms with Gasteiger partial charge in [-0.2, -0.15) is 21.0 Å². The van der Waals surface area contributed by atoms with E-state index in [9.17, 15) is 9.59 Å². The van der Waals surface area contributed by atoms with Gasteiger partial charge in [0.25, 0.3) is 0 Å². The van der Waals surface area contributed by atoms with Gasteiger partial charge in [-0.15, -0.1) is 23.2 Å². The molecule has 0 aromatic rings. The third kappa shape index (κ3) is 1.31. The number of alkyl halides is 2. The van der Waals surface area contributed by atoms with E-state index >= 15 is 0 Å². The Bertz CT molecular complexity index is 519. The van der Waals surface area contributed by atoms with Crippen LogP contribution in [0.15, 0.2) is 0 Å². The van der Waals surface area contributed by atoms with Crippen LogP contribution in [0.25, 0.3) is 0 Å². The van der Waals surface area contributed by atoms with Crippen LogP contribution in [-0.2, 0) is 9.59 Å². The van der Waals surface area contributed by atoms with Crippen molar-refractivity contribution in [3.8, 4) is 24.3 Å². The highest BCUT2D eigenvalue weighted by Gasteiger charge is 2.67. The van der Waals surface area contributed by atoms with Crippen molar-refractivity contribution < 1.29 is 9.59 Å². The second-order valence-corrected chi connectivity index (χ2v) is 4.39. The Hall–Kier alpha value is -2.12. The molecule has 1 aliphatic carbocycles. The van der Waals surface area contributed by atoms with Crippen molar-refractivity contribution in [2.24, 2.45) is 10.8 Å². The van der Waals surface area contributed by atoms with Crippen LogP contribution in [0.1, 0.15) is 0 Å². The van der Waals surface area contributed by atoms with Crippen molar-refractivity contribution in [1.82, 2.24) is 0 Å². The molecule has 0 amide bonds. The molecule has 0 radical (unpaired) electrons. The predicted molar refractivity (Wildman–Crippen MR) is 56.6 cm³/mol. The zero-order valence-corrected chi connectivity index (χ0v) is 10.0. The molecule has 0 saturated heterocycles. The van der Waals surface area contributed by atoms with Crippen LogP contribution in [0.5, 0.6) is 0 Å². The quantitative estimate of drug-likeness (QED) is 0.591. The second-order valence-electron chi connectivity index (χ2n) is 3.52. The van der Waals surface area contributed by atoms with Crippen molar-refractivity contribution in [2.75, 3.05) is 0 Å². The molecule has 0 bridgehead atoms. The summed E-state index contributed by atoms with van der Waals surface area (Å²) in [7, 11) is 0. The number of halogens is 2. The van der Waals surface area contributed by atoms with Crippen molar-refractivity contribution in [2.45, 2.75) is 10.8 Å². The molecule has 8 heteroatoms. The molecule has 2 atom stereocenters. The number of carbonyl (C=O) groups is 2. The van der Waals surface area contributed by atoms with Crippen molar-refractivity contribution in [1.29, 1.82) is 21.0 Å². The summed E-state index contributed by atoms with van der Waals surface area (Å²) in [5.74, 6) is -2.42. The average Bonchev–Trinajstić information content (AvgIpc) is 2.40. The summed E-state index contributed by atoms with van der Waals surface area (Å²) in [5, 5.41) is 31.7. The summed E-state index contributed by atoms with van der Waals surface area (Å²) >= 11 is 11.2. The van der Waals surface area contributed by atoms with Gasteiger partial charge in [0.05, 0.1) is 24.3 Å². The minimum absolute atomic E-state index is 1.21. The number of nitriles is 4. The zero-order chi connectivity index (χ0) is 14.1. The zero-order valence-electron chi connectivity index (χ0n) is 8.52. The van der Waals surface area contributed by atoms with Crippen LogP contribution < -0.4 is 0 Å². The molecule has 1 fully saturated rings. The number of Topliss-reactive ketones (excluding diaryl/α,β-unsaturated/α-hetero) is 2.